The molecule has 0 saturated carbocycles. The van der Waals surface area contributed by atoms with Crippen LogP contribution in [0.15, 0.2) is 23.1 Å². The fourth-order valence-electron chi connectivity index (χ4n) is 1.51. The molecule has 0 radical (unpaired) electrons. The highest BCUT2D eigenvalue weighted by Crippen LogP contribution is 2.21. The van der Waals surface area contributed by atoms with Crippen LogP contribution in [0.25, 0.3) is 0 Å². The maximum absolute atomic E-state index is 5.08. The molecule has 0 amide bonds. The highest BCUT2D eigenvalue weighted by Gasteiger charge is 2.18. The normalized spacial score (nSPS) is 12.0. The van der Waals surface area contributed by atoms with Gasteiger partial charge < -0.3 is 9.09 Å². The van der Waals surface area contributed by atoms with Gasteiger partial charge in [0.2, 0.25) is 0 Å². The van der Waals surface area contributed by atoms with Gasteiger partial charge in [-0.25, -0.2) is 4.98 Å². The Morgan fingerprint density at radius 3 is 1.80 bits per heavy atom. The van der Waals surface area contributed by atoms with E-state index in [1.807, 2.05) is 26.2 Å². The average molecular weight is 277 g/mol. The maximum atomic E-state index is 5.08. The van der Waals surface area contributed by atoms with E-state index in [2.05, 4.69) is 62.4 Å². The molecule has 0 atom stereocenters. The maximum Gasteiger partial charge on any atom is 0.142 e. The minimum absolute atomic E-state index is 0.0846. The zero-order chi connectivity index (χ0) is 15.6. The van der Waals surface area contributed by atoms with Gasteiger partial charge in [-0.3, -0.25) is 0 Å². The third-order valence-corrected chi connectivity index (χ3v) is 2.85. The van der Waals surface area contributed by atoms with Gasteiger partial charge in [-0.2, -0.15) is 0 Å². The van der Waals surface area contributed by atoms with Crippen LogP contribution in [0.3, 0.4) is 0 Å². The van der Waals surface area contributed by atoms with Crippen molar-refractivity contribution < 1.29 is 4.52 Å². The molecule has 0 unspecified atom stereocenters. The van der Waals surface area contributed by atoms with Crippen LogP contribution < -0.4 is 0 Å². The molecule has 0 fully saturated rings. The second-order valence-electron chi connectivity index (χ2n) is 7.18. The van der Waals surface area contributed by atoms with Gasteiger partial charge >= 0.3 is 0 Å². The summed E-state index contributed by atoms with van der Waals surface area (Å²) in [7, 11) is 0. The Labute approximate surface area is 122 Å². The monoisotopic (exact) mass is 277 g/mol. The van der Waals surface area contributed by atoms with Crippen molar-refractivity contribution in [1.29, 1.82) is 0 Å². The molecule has 2 heterocycles. The van der Waals surface area contributed by atoms with Crippen LogP contribution in [-0.2, 0) is 11.0 Å². The van der Waals surface area contributed by atoms with Crippen molar-refractivity contribution in [3.8, 4) is 0 Å². The summed E-state index contributed by atoms with van der Waals surface area (Å²) in [6.45, 7) is 16.7. The van der Waals surface area contributed by atoms with Gasteiger partial charge in [-0.1, -0.05) is 25.9 Å². The summed E-state index contributed by atoms with van der Waals surface area (Å²) in [5, 5.41) is 3.81. The van der Waals surface area contributed by atoms with Crippen LogP contribution in [0.1, 0.15) is 58.7 Å². The number of imidazole rings is 1. The number of hydrogen-bond donors (Lipinski definition) is 0. The lowest BCUT2D eigenvalue weighted by atomic mass is 9.93. The topological polar surface area (TPSA) is 43.9 Å². The van der Waals surface area contributed by atoms with E-state index >= 15 is 0 Å². The Bertz CT molecular complexity index is 488. The largest absolute Gasteiger partial charge is 0.361 e. The van der Waals surface area contributed by atoms with Crippen LogP contribution in [-0.4, -0.2) is 14.7 Å². The van der Waals surface area contributed by atoms with Crippen molar-refractivity contribution in [2.45, 2.75) is 66.3 Å². The third kappa shape index (κ3) is 4.83. The molecule has 2 aromatic rings. The van der Waals surface area contributed by atoms with Gasteiger partial charge in [0, 0.05) is 23.2 Å². The summed E-state index contributed by atoms with van der Waals surface area (Å²) in [4.78, 5) is 4.15. The molecule has 0 spiro atoms. The summed E-state index contributed by atoms with van der Waals surface area (Å²) < 4.78 is 7.19. The van der Waals surface area contributed by atoms with E-state index in [1.165, 1.54) is 0 Å². The van der Waals surface area contributed by atoms with Gasteiger partial charge in [0.25, 0.3) is 0 Å². The van der Waals surface area contributed by atoms with Gasteiger partial charge in [-0.15, -0.1) is 0 Å². The molecular weight excluding hydrogens is 250 g/mol. The molecule has 0 N–H and O–H groups in total. The SMILES string of the molecule is Cc1cc(C(C)(C)C)on1.Cc1cn(C(C)(C)C)cn1. The standard InChI is InChI=1S/C8H14N2.C8H13NO/c1-7-5-10(6-9-7)8(2,3)4;1-6-5-7(10-9-6)8(2,3)4/h5-6H,1-4H3;5H,1-4H3. The number of hydrogen-bond acceptors (Lipinski definition) is 3. The zero-order valence-electron chi connectivity index (χ0n) is 14.0. The lowest BCUT2D eigenvalue weighted by Crippen LogP contribution is -2.19. The number of aromatic nitrogens is 3. The Hall–Kier alpha value is -1.58. The lowest BCUT2D eigenvalue weighted by molar-refractivity contribution is 0.327. The zero-order valence-corrected chi connectivity index (χ0v) is 14.0. The van der Waals surface area contributed by atoms with Crippen LogP contribution in [0, 0.1) is 13.8 Å². The smallest absolute Gasteiger partial charge is 0.142 e. The summed E-state index contributed by atoms with van der Waals surface area (Å²) in [5.41, 5.74) is 2.28. The fraction of sp³-hybridized carbons (Fsp3) is 0.625. The van der Waals surface area contributed by atoms with Gasteiger partial charge in [0.1, 0.15) is 5.76 Å². The van der Waals surface area contributed by atoms with Crippen molar-refractivity contribution >= 4 is 0 Å². The van der Waals surface area contributed by atoms with Crippen LogP contribution in [0.4, 0.5) is 0 Å². The Kier molecular flexibility index (Phi) is 4.79. The second kappa shape index (κ2) is 5.81. The predicted molar refractivity (Wildman–Crippen MR) is 81.9 cm³/mol. The molecule has 0 bridgehead atoms. The highest BCUT2D eigenvalue weighted by atomic mass is 16.5. The molecule has 0 aliphatic rings. The van der Waals surface area contributed by atoms with E-state index in [9.17, 15) is 0 Å². The van der Waals surface area contributed by atoms with Gasteiger partial charge in [-0.05, 0) is 34.6 Å². The van der Waals surface area contributed by atoms with Crippen LogP contribution >= 0.6 is 0 Å². The molecule has 4 heteroatoms. The Morgan fingerprint density at radius 1 is 1.00 bits per heavy atom. The first-order valence-corrected chi connectivity index (χ1v) is 6.95. The fourth-order valence-corrected chi connectivity index (χ4v) is 1.51. The van der Waals surface area contributed by atoms with Crippen molar-refractivity contribution in [1.82, 2.24) is 14.7 Å². The van der Waals surface area contributed by atoms with Crippen molar-refractivity contribution in [2.75, 3.05) is 0 Å². The first kappa shape index (κ1) is 16.5. The highest BCUT2D eigenvalue weighted by molar-refractivity contribution is 5.11. The average Bonchev–Trinajstić information content (AvgIpc) is 2.85. The molecule has 0 aromatic carbocycles. The molecule has 4 nitrogen and oxygen atoms in total. The quantitative estimate of drug-likeness (QED) is 0.724. The second-order valence-corrected chi connectivity index (χ2v) is 7.18. The lowest BCUT2D eigenvalue weighted by Gasteiger charge is -2.19. The number of rotatable bonds is 0. The number of aryl methyl sites for hydroxylation is 2. The summed E-state index contributed by atoms with van der Waals surface area (Å²) >= 11 is 0. The third-order valence-electron chi connectivity index (χ3n) is 2.85. The first-order chi connectivity index (χ1) is 9.00. The Morgan fingerprint density at radius 2 is 1.60 bits per heavy atom. The van der Waals surface area contributed by atoms with E-state index in [0.29, 0.717) is 0 Å². The molecule has 0 aliphatic carbocycles. The minimum Gasteiger partial charge on any atom is -0.361 e. The van der Waals surface area contributed by atoms with Gasteiger partial charge in [0.15, 0.2) is 0 Å². The van der Waals surface area contributed by atoms with E-state index in [4.69, 9.17) is 4.52 Å². The Balaban J connectivity index is 0.000000200. The molecule has 0 aliphatic heterocycles. The van der Waals surface area contributed by atoms with Crippen molar-refractivity contribution in [3.63, 3.8) is 0 Å². The number of nitrogens with zero attached hydrogens (tertiary/aromatic N) is 3. The van der Waals surface area contributed by atoms with Gasteiger partial charge in [0.05, 0.1) is 17.7 Å². The molecule has 112 valence electrons. The van der Waals surface area contributed by atoms with Crippen molar-refractivity contribution in [3.05, 3.63) is 35.7 Å². The summed E-state index contributed by atoms with van der Waals surface area (Å²) in [5.74, 6) is 0.949. The molecule has 2 aromatic heterocycles. The summed E-state index contributed by atoms with van der Waals surface area (Å²) in [6.07, 6.45) is 3.93. The first-order valence-electron chi connectivity index (χ1n) is 6.95. The molecule has 20 heavy (non-hydrogen) atoms. The van der Waals surface area contributed by atoms with Crippen LogP contribution in [0.2, 0.25) is 0 Å². The van der Waals surface area contributed by atoms with E-state index in [1.54, 1.807) is 0 Å². The minimum atomic E-state index is 0.0846. The van der Waals surface area contributed by atoms with E-state index in [-0.39, 0.29) is 11.0 Å². The van der Waals surface area contributed by atoms with Crippen molar-refractivity contribution in [2.24, 2.45) is 0 Å². The predicted octanol–water partition coefficient (Wildman–Crippen LogP) is 4.23. The van der Waals surface area contributed by atoms with E-state index < -0.39 is 0 Å². The molecular formula is C16H27N3O. The molecule has 0 saturated heterocycles. The van der Waals surface area contributed by atoms with E-state index in [0.717, 1.165) is 17.1 Å². The molecule has 2 rings (SSSR count). The van der Waals surface area contributed by atoms with Crippen LogP contribution in [0.5, 0.6) is 0 Å². The summed E-state index contributed by atoms with van der Waals surface area (Å²) in [6, 6.07) is 1.97.